The van der Waals surface area contributed by atoms with E-state index < -0.39 is 0 Å². The highest BCUT2D eigenvalue weighted by Crippen LogP contribution is 2.15. The van der Waals surface area contributed by atoms with Gasteiger partial charge in [0.15, 0.2) is 0 Å². The average Bonchev–Trinajstić information content (AvgIpc) is 2.31. The number of thioether (sulfide) groups is 1. The van der Waals surface area contributed by atoms with Crippen molar-refractivity contribution >= 4 is 17.7 Å². The number of carbonyl (C=O) groups is 1. The molecule has 0 aliphatic rings. The minimum Gasteiger partial charge on any atom is -0.354 e. The van der Waals surface area contributed by atoms with Crippen LogP contribution in [0.15, 0.2) is 24.3 Å². The van der Waals surface area contributed by atoms with Crippen molar-refractivity contribution in [2.45, 2.75) is 12.7 Å². The minimum atomic E-state index is 0.121. The van der Waals surface area contributed by atoms with E-state index >= 15 is 0 Å². The summed E-state index contributed by atoms with van der Waals surface area (Å²) in [4.78, 5) is 13.6. The van der Waals surface area contributed by atoms with Crippen LogP contribution >= 0.6 is 11.8 Å². The summed E-state index contributed by atoms with van der Waals surface area (Å²) in [7, 11) is 4.00. The molecule has 0 aromatic heterocycles. The Balaban J connectivity index is 2.18. The maximum Gasteiger partial charge on any atom is 0.230 e. The summed E-state index contributed by atoms with van der Waals surface area (Å²) in [5, 5.41) is 2.91. The molecular formula is C14H22N2OS. The van der Waals surface area contributed by atoms with E-state index in [1.54, 1.807) is 11.8 Å². The summed E-state index contributed by atoms with van der Waals surface area (Å²) in [6, 6.07) is 8.30. The van der Waals surface area contributed by atoms with Crippen molar-refractivity contribution in [1.29, 1.82) is 0 Å². The SMILES string of the molecule is Cc1ccccc1CSCC(=O)NCCN(C)C. The molecule has 100 valence electrons. The van der Waals surface area contributed by atoms with Gasteiger partial charge in [-0.25, -0.2) is 0 Å². The lowest BCUT2D eigenvalue weighted by atomic mass is 10.1. The number of hydrogen-bond acceptors (Lipinski definition) is 3. The molecule has 0 fully saturated rings. The zero-order valence-electron chi connectivity index (χ0n) is 11.4. The van der Waals surface area contributed by atoms with Crippen LogP contribution in [0.4, 0.5) is 0 Å². The highest BCUT2D eigenvalue weighted by Gasteiger charge is 2.02. The van der Waals surface area contributed by atoms with E-state index in [-0.39, 0.29) is 5.91 Å². The van der Waals surface area contributed by atoms with E-state index in [1.807, 2.05) is 26.2 Å². The number of amides is 1. The number of rotatable bonds is 7. The number of nitrogens with one attached hydrogen (secondary N) is 1. The molecule has 0 radical (unpaired) electrons. The Hall–Kier alpha value is -1.00. The molecule has 0 aliphatic carbocycles. The fourth-order valence-electron chi connectivity index (χ4n) is 1.50. The maximum atomic E-state index is 11.5. The molecule has 4 heteroatoms. The summed E-state index contributed by atoms with van der Waals surface area (Å²) in [5.41, 5.74) is 2.60. The number of hydrogen-bond donors (Lipinski definition) is 1. The van der Waals surface area contributed by atoms with Crippen molar-refractivity contribution in [3.05, 3.63) is 35.4 Å². The van der Waals surface area contributed by atoms with Crippen LogP contribution in [0.2, 0.25) is 0 Å². The standard InChI is InChI=1S/C14H22N2OS/c1-12-6-4-5-7-13(12)10-18-11-14(17)15-8-9-16(2)3/h4-7H,8-11H2,1-3H3,(H,15,17). The highest BCUT2D eigenvalue weighted by molar-refractivity contribution is 7.99. The van der Waals surface area contributed by atoms with Gasteiger partial charge in [0, 0.05) is 18.8 Å². The van der Waals surface area contributed by atoms with Gasteiger partial charge in [-0.3, -0.25) is 4.79 Å². The van der Waals surface area contributed by atoms with Crippen molar-refractivity contribution in [2.75, 3.05) is 32.9 Å². The van der Waals surface area contributed by atoms with Gasteiger partial charge in [-0.1, -0.05) is 24.3 Å². The predicted molar refractivity (Wildman–Crippen MR) is 78.9 cm³/mol. The first-order valence-corrected chi connectivity index (χ1v) is 7.28. The van der Waals surface area contributed by atoms with E-state index in [1.165, 1.54) is 11.1 Å². The molecule has 0 aliphatic heterocycles. The Morgan fingerprint density at radius 3 is 2.72 bits per heavy atom. The molecule has 1 aromatic carbocycles. The summed E-state index contributed by atoms with van der Waals surface area (Å²) >= 11 is 1.66. The third-order valence-corrected chi connectivity index (χ3v) is 3.61. The number of likely N-dealkylation sites (N-methyl/N-ethyl adjacent to an activating group) is 1. The number of carbonyl (C=O) groups excluding carboxylic acids is 1. The number of nitrogens with zero attached hydrogens (tertiary/aromatic N) is 1. The molecule has 0 unspecified atom stereocenters. The Morgan fingerprint density at radius 1 is 1.33 bits per heavy atom. The number of aryl methyl sites for hydroxylation is 1. The monoisotopic (exact) mass is 266 g/mol. The zero-order chi connectivity index (χ0) is 13.4. The van der Waals surface area contributed by atoms with Crippen molar-refractivity contribution in [2.24, 2.45) is 0 Å². The van der Waals surface area contributed by atoms with Gasteiger partial charge in [-0.2, -0.15) is 0 Å². The van der Waals surface area contributed by atoms with Gasteiger partial charge < -0.3 is 10.2 Å². The van der Waals surface area contributed by atoms with Crippen LogP contribution in [0.3, 0.4) is 0 Å². The van der Waals surface area contributed by atoms with Crippen molar-refractivity contribution in [3.8, 4) is 0 Å². The Bertz CT molecular complexity index is 380. The normalized spacial score (nSPS) is 10.7. The van der Waals surface area contributed by atoms with Crippen LogP contribution in [0.5, 0.6) is 0 Å². The van der Waals surface area contributed by atoms with E-state index in [0.717, 1.165) is 18.8 Å². The van der Waals surface area contributed by atoms with Crippen molar-refractivity contribution in [3.63, 3.8) is 0 Å². The molecule has 18 heavy (non-hydrogen) atoms. The molecule has 1 amide bonds. The largest absolute Gasteiger partial charge is 0.354 e. The fraction of sp³-hybridized carbons (Fsp3) is 0.500. The van der Waals surface area contributed by atoms with Crippen LogP contribution in [0.25, 0.3) is 0 Å². The Labute approximate surface area is 114 Å². The van der Waals surface area contributed by atoms with Crippen LogP contribution in [-0.2, 0) is 10.5 Å². The Kier molecular flexibility index (Phi) is 6.83. The first kappa shape index (κ1) is 15.1. The van der Waals surface area contributed by atoms with E-state index in [0.29, 0.717) is 5.75 Å². The summed E-state index contributed by atoms with van der Waals surface area (Å²) < 4.78 is 0. The molecule has 0 saturated heterocycles. The predicted octanol–water partition coefficient (Wildman–Crippen LogP) is 1.91. The van der Waals surface area contributed by atoms with Gasteiger partial charge in [0.05, 0.1) is 5.75 Å². The molecule has 1 rings (SSSR count). The molecule has 1 N–H and O–H groups in total. The smallest absolute Gasteiger partial charge is 0.230 e. The molecule has 0 heterocycles. The second kappa shape index (κ2) is 8.16. The van der Waals surface area contributed by atoms with Crippen molar-refractivity contribution < 1.29 is 4.79 Å². The average molecular weight is 266 g/mol. The minimum absolute atomic E-state index is 0.121. The lowest BCUT2D eigenvalue weighted by Gasteiger charge is -2.10. The molecular weight excluding hydrogens is 244 g/mol. The van der Waals surface area contributed by atoms with Crippen LogP contribution in [-0.4, -0.2) is 43.7 Å². The van der Waals surface area contributed by atoms with Gasteiger partial charge in [-0.15, -0.1) is 11.8 Å². The lowest BCUT2D eigenvalue weighted by molar-refractivity contribution is -0.118. The molecule has 0 spiro atoms. The number of benzene rings is 1. The topological polar surface area (TPSA) is 32.3 Å². The highest BCUT2D eigenvalue weighted by atomic mass is 32.2. The molecule has 0 saturated carbocycles. The molecule has 1 aromatic rings. The molecule has 3 nitrogen and oxygen atoms in total. The van der Waals surface area contributed by atoms with Gasteiger partial charge in [0.25, 0.3) is 0 Å². The van der Waals surface area contributed by atoms with Crippen LogP contribution in [0.1, 0.15) is 11.1 Å². The van der Waals surface area contributed by atoms with E-state index in [9.17, 15) is 4.79 Å². The van der Waals surface area contributed by atoms with E-state index in [4.69, 9.17) is 0 Å². The van der Waals surface area contributed by atoms with Gasteiger partial charge in [0.1, 0.15) is 0 Å². The lowest BCUT2D eigenvalue weighted by Crippen LogP contribution is -2.32. The summed E-state index contributed by atoms with van der Waals surface area (Å²) in [6.45, 7) is 3.71. The van der Waals surface area contributed by atoms with Gasteiger partial charge in [0.2, 0.25) is 5.91 Å². The van der Waals surface area contributed by atoms with Gasteiger partial charge >= 0.3 is 0 Å². The quantitative estimate of drug-likeness (QED) is 0.818. The third-order valence-electron chi connectivity index (χ3n) is 2.63. The molecule has 0 bridgehead atoms. The van der Waals surface area contributed by atoms with Crippen LogP contribution < -0.4 is 5.32 Å². The van der Waals surface area contributed by atoms with Crippen LogP contribution in [0, 0.1) is 6.92 Å². The summed E-state index contributed by atoms with van der Waals surface area (Å²) in [5.74, 6) is 1.55. The fourth-order valence-corrected chi connectivity index (χ4v) is 2.43. The van der Waals surface area contributed by atoms with Gasteiger partial charge in [-0.05, 0) is 32.1 Å². The van der Waals surface area contributed by atoms with E-state index in [2.05, 4.69) is 29.3 Å². The first-order valence-electron chi connectivity index (χ1n) is 6.13. The Morgan fingerprint density at radius 2 is 2.06 bits per heavy atom. The summed E-state index contributed by atoms with van der Waals surface area (Å²) in [6.07, 6.45) is 0. The zero-order valence-corrected chi connectivity index (χ0v) is 12.2. The second-order valence-corrected chi connectivity index (χ2v) is 5.56. The third kappa shape index (κ3) is 6.07. The second-order valence-electron chi connectivity index (χ2n) is 4.57. The first-order chi connectivity index (χ1) is 8.59. The molecule has 0 atom stereocenters. The van der Waals surface area contributed by atoms with Crippen molar-refractivity contribution in [1.82, 2.24) is 10.2 Å². The maximum absolute atomic E-state index is 11.5.